The van der Waals surface area contributed by atoms with Gasteiger partial charge in [-0.2, -0.15) is 0 Å². The Morgan fingerprint density at radius 3 is 2.53 bits per heavy atom. The van der Waals surface area contributed by atoms with Gasteiger partial charge in [0, 0.05) is 6.04 Å². The lowest BCUT2D eigenvalue weighted by atomic mass is 10.1. The number of rotatable bonds is 6. The van der Waals surface area contributed by atoms with Crippen LogP contribution in [0.15, 0.2) is 18.2 Å². The zero-order valence-electron chi connectivity index (χ0n) is 11.2. The molecule has 0 aliphatic carbocycles. The predicted molar refractivity (Wildman–Crippen MR) is 70.7 cm³/mol. The van der Waals surface area contributed by atoms with Crippen LogP contribution in [0.3, 0.4) is 0 Å². The number of nitrogens with two attached hydrogens (primary N) is 1. The molecule has 96 valence electrons. The maximum absolute atomic E-state index is 5.94. The molecule has 3 nitrogen and oxygen atoms in total. The van der Waals surface area contributed by atoms with Gasteiger partial charge in [-0.15, -0.1) is 0 Å². The van der Waals surface area contributed by atoms with E-state index in [1.54, 1.807) is 7.11 Å². The smallest absolute Gasteiger partial charge is 0.164 e. The second-order valence-corrected chi connectivity index (χ2v) is 4.47. The average molecular weight is 237 g/mol. The van der Waals surface area contributed by atoms with Gasteiger partial charge in [0.15, 0.2) is 11.5 Å². The number of hydrogen-bond acceptors (Lipinski definition) is 3. The van der Waals surface area contributed by atoms with E-state index < -0.39 is 0 Å². The van der Waals surface area contributed by atoms with Crippen LogP contribution in [0.4, 0.5) is 0 Å². The summed E-state index contributed by atoms with van der Waals surface area (Å²) in [6, 6.07) is 6.05. The maximum atomic E-state index is 5.94. The molecular formula is C14H23NO2. The molecule has 0 radical (unpaired) electrons. The molecule has 1 aromatic rings. The number of methoxy groups -OCH3 is 1. The lowest BCUT2D eigenvalue weighted by Gasteiger charge is -2.19. The first kappa shape index (κ1) is 13.8. The Labute approximate surface area is 104 Å². The topological polar surface area (TPSA) is 44.5 Å². The van der Waals surface area contributed by atoms with Gasteiger partial charge in [-0.1, -0.05) is 19.1 Å². The summed E-state index contributed by atoms with van der Waals surface area (Å²) in [6.45, 7) is 6.15. The number of para-hydroxylation sites is 1. The van der Waals surface area contributed by atoms with Gasteiger partial charge < -0.3 is 15.2 Å². The molecule has 0 fully saturated rings. The SMILES string of the molecule is CCC(C)Oc1c(CC(C)N)cccc1OC. The van der Waals surface area contributed by atoms with Crippen LogP contribution in [-0.4, -0.2) is 19.3 Å². The molecule has 0 heterocycles. The summed E-state index contributed by atoms with van der Waals surface area (Å²) in [7, 11) is 1.66. The molecule has 2 N–H and O–H groups in total. The summed E-state index contributed by atoms with van der Waals surface area (Å²) in [5.41, 5.74) is 6.96. The van der Waals surface area contributed by atoms with Gasteiger partial charge in [0.1, 0.15) is 0 Å². The molecule has 0 aliphatic rings. The lowest BCUT2D eigenvalue weighted by molar-refractivity contribution is 0.205. The highest BCUT2D eigenvalue weighted by molar-refractivity contribution is 5.47. The van der Waals surface area contributed by atoms with E-state index in [1.807, 2.05) is 25.1 Å². The fourth-order valence-electron chi connectivity index (χ4n) is 1.65. The van der Waals surface area contributed by atoms with Gasteiger partial charge in [0.2, 0.25) is 0 Å². The van der Waals surface area contributed by atoms with Crippen molar-refractivity contribution in [1.82, 2.24) is 0 Å². The second kappa shape index (κ2) is 6.50. The van der Waals surface area contributed by atoms with E-state index in [-0.39, 0.29) is 12.1 Å². The van der Waals surface area contributed by atoms with Crippen molar-refractivity contribution >= 4 is 0 Å². The van der Waals surface area contributed by atoms with Crippen LogP contribution < -0.4 is 15.2 Å². The fourth-order valence-corrected chi connectivity index (χ4v) is 1.65. The van der Waals surface area contributed by atoms with Crippen molar-refractivity contribution in [3.05, 3.63) is 23.8 Å². The van der Waals surface area contributed by atoms with Crippen molar-refractivity contribution in [1.29, 1.82) is 0 Å². The van der Waals surface area contributed by atoms with Crippen LogP contribution in [-0.2, 0) is 6.42 Å². The van der Waals surface area contributed by atoms with E-state index >= 15 is 0 Å². The fraction of sp³-hybridized carbons (Fsp3) is 0.571. The molecule has 17 heavy (non-hydrogen) atoms. The molecule has 0 amide bonds. The standard InChI is InChI=1S/C14H23NO2/c1-5-11(3)17-14-12(9-10(2)15)7-6-8-13(14)16-4/h6-8,10-11H,5,9,15H2,1-4H3. The van der Waals surface area contributed by atoms with Gasteiger partial charge in [-0.25, -0.2) is 0 Å². The van der Waals surface area contributed by atoms with Gasteiger partial charge in [0.05, 0.1) is 13.2 Å². The Kier molecular flexibility index (Phi) is 5.29. The van der Waals surface area contributed by atoms with Crippen LogP contribution in [0.5, 0.6) is 11.5 Å². The van der Waals surface area contributed by atoms with E-state index in [4.69, 9.17) is 15.2 Å². The molecule has 1 aromatic carbocycles. The van der Waals surface area contributed by atoms with Crippen LogP contribution in [0.25, 0.3) is 0 Å². The third-order valence-electron chi connectivity index (χ3n) is 2.72. The molecule has 0 bridgehead atoms. The molecule has 0 saturated carbocycles. The van der Waals surface area contributed by atoms with E-state index in [0.717, 1.165) is 29.9 Å². The predicted octanol–water partition coefficient (Wildman–Crippen LogP) is 2.76. The summed E-state index contributed by atoms with van der Waals surface area (Å²) >= 11 is 0. The number of benzene rings is 1. The largest absolute Gasteiger partial charge is 0.493 e. The summed E-state index contributed by atoms with van der Waals surface area (Å²) in [5, 5.41) is 0. The van der Waals surface area contributed by atoms with Gasteiger partial charge >= 0.3 is 0 Å². The summed E-state index contributed by atoms with van der Waals surface area (Å²) in [6.07, 6.45) is 1.94. The van der Waals surface area contributed by atoms with Crippen molar-refractivity contribution in [3.8, 4) is 11.5 Å². The zero-order chi connectivity index (χ0) is 12.8. The maximum Gasteiger partial charge on any atom is 0.164 e. The van der Waals surface area contributed by atoms with Crippen LogP contribution in [0, 0.1) is 0 Å². The van der Waals surface area contributed by atoms with Crippen molar-refractivity contribution in [3.63, 3.8) is 0 Å². The Hall–Kier alpha value is -1.22. The molecule has 0 aliphatic heterocycles. The van der Waals surface area contributed by atoms with Gasteiger partial charge in [0.25, 0.3) is 0 Å². The quantitative estimate of drug-likeness (QED) is 0.827. The molecular weight excluding hydrogens is 214 g/mol. The average Bonchev–Trinajstić information content (AvgIpc) is 2.30. The summed E-state index contributed by atoms with van der Waals surface area (Å²) < 4.78 is 11.3. The highest BCUT2D eigenvalue weighted by atomic mass is 16.5. The van der Waals surface area contributed by atoms with E-state index in [2.05, 4.69) is 13.8 Å². The van der Waals surface area contributed by atoms with Crippen LogP contribution in [0.2, 0.25) is 0 Å². The van der Waals surface area contributed by atoms with E-state index in [9.17, 15) is 0 Å². The molecule has 2 atom stereocenters. The normalized spacial score (nSPS) is 14.2. The molecule has 1 rings (SSSR count). The highest BCUT2D eigenvalue weighted by Gasteiger charge is 2.14. The van der Waals surface area contributed by atoms with Crippen molar-refractivity contribution in [2.75, 3.05) is 7.11 Å². The monoisotopic (exact) mass is 237 g/mol. The van der Waals surface area contributed by atoms with Crippen molar-refractivity contribution in [2.45, 2.75) is 45.8 Å². The molecule has 0 saturated heterocycles. The number of hydrogen-bond donors (Lipinski definition) is 1. The summed E-state index contributed by atoms with van der Waals surface area (Å²) in [4.78, 5) is 0. The van der Waals surface area contributed by atoms with Crippen LogP contribution >= 0.6 is 0 Å². The molecule has 3 heteroatoms. The Bertz CT molecular complexity index is 350. The van der Waals surface area contributed by atoms with Gasteiger partial charge in [-0.3, -0.25) is 0 Å². The molecule has 0 aromatic heterocycles. The Balaban J connectivity index is 3.02. The van der Waals surface area contributed by atoms with E-state index in [1.165, 1.54) is 0 Å². The first-order valence-corrected chi connectivity index (χ1v) is 6.16. The van der Waals surface area contributed by atoms with Crippen molar-refractivity contribution in [2.24, 2.45) is 5.73 Å². The molecule has 2 unspecified atom stereocenters. The molecule has 0 spiro atoms. The first-order valence-electron chi connectivity index (χ1n) is 6.16. The van der Waals surface area contributed by atoms with Gasteiger partial charge in [-0.05, 0) is 38.3 Å². The Morgan fingerprint density at radius 2 is 2.00 bits per heavy atom. The Morgan fingerprint density at radius 1 is 1.29 bits per heavy atom. The number of ether oxygens (including phenoxy) is 2. The van der Waals surface area contributed by atoms with E-state index in [0.29, 0.717) is 0 Å². The first-order chi connectivity index (χ1) is 8.08. The van der Waals surface area contributed by atoms with Crippen molar-refractivity contribution < 1.29 is 9.47 Å². The minimum atomic E-state index is 0.112. The van der Waals surface area contributed by atoms with Crippen LogP contribution in [0.1, 0.15) is 32.8 Å². The minimum absolute atomic E-state index is 0.112. The third kappa shape index (κ3) is 3.93. The second-order valence-electron chi connectivity index (χ2n) is 4.47. The highest BCUT2D eigenvalue weighted by Crippen LogP contribution is 2.32. The summed E-state index contributed by atoms with van der Waals surface area (Å²) in [5.74, 6) is 1.62. The minimum Gasteiger partial charge on any atom is -0.493 e. The lowest BCUT2D eigenvalue weighted by Crippen LogP contribution is -2.19. The zero-order valence-corrected chi connectivity index (χ0v) is 11.2. The third-order valence-corrected chi connectivity index (χ3v) is 2.72.